The molecule has 0 radical (unpaired) electrons. The predicted octanol–water partition coefficient (Wildman–Crippen LogP) is 4.84. The van der Waals surface area contributed by atoms with Gasteiger partial charge in [0.05, 0.1) is 22.8 Å². The first kappa shape index (κ1) is 23.6. The van der Waals surface area contributed by atoms with Crippen LogP contribution >= 0.6 is 22.9 Å². The maximum Gasteiger partial charge on any atom is 0.358 e. The quantitative estimate of drug-likeness (QED) is 0.368. The third-order valence-electron chi connectivity index (χ3n) is 4.93. The lowest BCUT2D eigenvalue weighted by Gasteiger charge is -2.08. The summed E-state index contributed by atoms with van der Waals surface area (Å²) < 4.78 is 7.02. The predicted molar refractivity (Wildman–Crippen MR) is 131 cm³/mol. The van der Waals surface area contributed by atoms with Gasteiger partial charge in [0.15, 0.2) is 11.5 Å². The summed E-state index contributed by atoms with van der Waals surface area (Å²) in [7, 11) is 0. The van der Waals surface area contributed by atoms with E-state index in [1.54, 1.807) is 22.2 Å². The molecular weight excluding hydrogens is 474 g/mol. The second-order valence-electron chi connectivity index (χ2n) is 7.69. The minimum atomic E-state index is -0.666. The van der Waals surface area contributed by atoms with Gasteiger partial charge in [0, 0.05) is 16.8 Å². The molecule has 34 heavy (non-hydrogen) atoms. The number of halogens is 1. The maximum atomic E-state index is 12.6. The molecule has 3 heterocycles. The van der Waals surface area contributed by atoms with Crippen molar-refractivity contribution in [3.63, 3.8) is 0 Å². The van der Waals surface area contributed by atoms with Crippen LogP contribution in [0.15, 0.2) is 47.8 Å². The Balaban J connectivity index is 1.37. The van der Waals surface area contributed by atoms with Gasteiger partial charge in [-0.2, -0.15) is 5.10 Å². The molecule has 0 aliphatic carbocycles. The molecule has 4 rings (SSSR count). The number of nitrogens with one attached hydrogen (secondary N) is 1. The van der Waals surface area contributed by atoms with E-state index in [1.165, 1.54) is 11.3 Å². The number of ether oxygens (including phenoxy) is 1. The van der Waals surface area contributed by atoms with Crippen LogP contribution in [0.5, 0.6) is 0 Å². The molecule has 1 N–H and O–H groups in total. The Labute approximate surface area is 205 Å². The molecule has 0 fully saturated rings. The number of pyridine rings is 1. The monoisotopic (exact) mass is 495 g/mol. The Bertz CT molecular complexity index is 1360. The Morgan fingerprint density at radius 2 is 1.91 bits per heavy atom. The average molecular weight is 496 g/mol. The molecule has 1 aromatic carbocycles. The maximum absolute atomic E-state index is 12.6. The first-order valence-electron chi connectivity index (χ1n) is 10.5. The molecule has 0 unspecified atom stereocenters. The fourth-order valence-electron chi connectivity index (χ4n) is 3.30. The molecule has 0 saturated heterocycles. The number of thiazole rings is 1. The van der Waals surface area contributed by atoms with Crippen molar-refractivity contribution in [1.82, 2.24) is 19.7 Å². The average Bonchev–Trinajstić information content (AvgIpc) is 3.39. The van der Waals surface area contributed by atoms with E-state index in [-0.39, 0.29) is 29.7 Å². The first-order valence-corrected chi connectivity index (χ1v) is 11.7. The summed E-state index contributed by atoms with van der Waals surface area (Å²) in [6.45, 7) is 5.65. The molecule has 1 amide bonds. The molecule has 0 saturated carbocycles. The highest BCUT2D eigenvalue weighted by Crippen LogP contribution is 2.20. The summed E-state index contributed by atoms with van der Waals surface area (Å²) in [6, 6.07) is 12.8. The second kappa shape index (κ2) is 10.1. The van der Waals surface area contributed by atoms with E-state index in [1.807, 2.05) is 51.1 Å². The molecule has 0 atom stereocenters. The SMILES string of the molecule is Cc1cc(C)n(-c2ccc(Cl)c(C(=O)OCc3csc(CC(=O)Nc4ccccc4C)n3)n2)n1. The van der Waals surface area contributed by atoms with Gasteiger partial charge < -0.3 is 10.1 Å². The number of nitrogens with zero attached hydrogens (tertiary/aromatic N) is 4. The van der Waals surface area contributed by atoms with Gasteiger partial charge in [-0.25, -0.2) is 19.4 Å². The van der Waals surface area contributed by atoms with Crippen molar-refractivity contribution < 1.29 is 14.3 Å². The number of hydrogen-bond donors (Lipinski definition) is 1. The van der Waals surface area contributed by atoms with Gasteiger partial charge in [0.25, 0.3) is 0 Å². The summed E-state index contributed by atoms with van der Waals surface area (Å²) in [5, 5.41) is 9.82. The number of hydrogen-bond acceptors (Lipinski definition) is 7. The van der Waals surface area contributed by atoms with E-state index in [2.05, 4.69) is 20.4 Å². The van der Waals surface area contributed by atoms with Gasteiger partial charge in [-0.1, -0.05) is 29.8 Å². The summed E-state index contributed by atoms with van der Waals surface area (Å²) >= 11 is 7.52. The van der Waals surface area contributed by atoms with Crippen LogP contribution in [-0.4, -0.2) is 31.6 Å². The fraction of sp³-hybridized carbons (Fsp3) is 0.208. The van der Waals surface area contributed by atoms with Gasteiger partial charge in [-0.15, -0.1) is 11.3 Å². The van der Waals surface area contributed by atoms with E-state index >= 15 is 0 Å². The van der Waals surface area contributed by atoms with Crippen molar-refractivity contribution >= 4 is 40.5 Å². The van der Waals surface area contributed by atoms with Crippen LogP contribution in [0.1, 0.15) is 38.1 Å². The van der Waals surface area contributed by atoms with E-state index in [9.17, 15) is 9.59 Å². The summed E-state index contributed by atoms with van der Waals surface area (Å²) in [6.07, 6.45) is 0.130. The number of carbonyl (C=O) groups is 2. The highest BCUT2D eigenvalue weighted by Gasteiger charge is 2.18. The van der Waals surface area contributed by atoms with Crippen LogP contribution in [0.3, 0.4) is 0 Å². The number of benzene rings is 1. The Morgan fingerprint density at radius 3 is 2.65 bits per heavy atom. The van der Waals surface area contributed by atoms with Crippen LogP contribution in [0.4, 0.5) is 5.69 Å². The molecule has 4 aromatic rings. The first-order chi connectivity index (χ1) is 16.3. The number of anilines is 1. The normalized spacial score (nSPS) is 10.8. The van der Waals surface area contributed by atoms with Crippen LogP contribution in [0.25, 0.3) is 5.82 Å². The Hall–Kier alpha value is -3.56. The van der Waals surface area contributed by atoms with E-state index in [4.69, 9.17) is 16.3 Å². The van der Waals surface area contributed by atoms with E-state index < -0.39 is 5.97 Å². The highest BCUT2D eigenvalue weighted by molar-refractivity contribution is 7.09. The number of carbonyl (C=O) groups excluding carboxylic acids is 2. The number of amides is 1. The summed E-state index contributed by atoms with van der Waals surface area (Å²) in [5.74, 6) is -0.359. The third kappa shape index (κ3) is 5.49. The Kier molecular flexibility index (Phi) is 7.04. The van der Waals surface area contributed by atoms with E-state index in [0.29, 0.717) is 16.5 Å². The summed E-state index contributed by atoms with van der Waals surface area (Å²) in [5.41, 5.74) is 4.02. The Morgan fingerprint density at radius 1 is 1.12 bits per heavy atom. The standard InChI is InChI=1S/C24H22ClN5O3S/c1-14-6-4-5-7-19(14)27-21(31)11-22-26-17(13-34-22)12-33-24(32)23-18(25)8-9-20(28-23)30-16(3)10-15(2)29-30/h4-10,13H,11-12H2,1-3H3,(H,27,31). The van der Waals surface area contributed by atoms with Crippen molar-refractivity contribution in [2.45, 2.75) is 33.8 Å². The smallest absolute Gasteiger partial charge is 0.358 e. The summed E-state index contributed by atoms with van der Waals surface area (Å²) in [4.78, 5) is 33.7. The number of aryl methyl sites for hydroxylation is 3. The zero-order valence-corrected chi connectivity index (χ0v) is 20.4. The molecule has 0 bridgehead atoms. The minimum absolute atomic E-state index is 0.000202. The second-order valence-corrected chi connectivity index (χ2v) is 9.04. The zero-order chi connectivity index (χ0) is 24.2. The van der Waals surface area contributed by atoms with Crippen LogP contribution in [0, 0.1) is 20.8 Å². The number of para-hydroxylation sites is 1. The number of rotatable bonds is 7. The van der Waals surface area contributed by atoms with Crippen molar-refractivity contribution in [2.75, 3.05) is 5.32 Å². The lowest BCUT2D eigenvalue weighted by atomic mass is 10.2. The molecule has 0 aliphatic rings. The highest BCUT2D eigenvalue weighted by atomic mass is 35.5. The van der Waals surface area contributed by atoms with Gasteiger partial charge in [-0.05, 0) is 50.6 Å². The van der Waals surface area contributed by atoms with Gasteiger partial charge >= 0.3 is 5.97 Å². The lowest BCUT2D eigenvalue weighted by Crippen LogP contribution is -2.15. The van der Waals surface area contributed by atoms with Gasteiger partial charge in [-0.3, -0.25) is 4.79 Å². The van der Waals surface area contributed by atoms with Gasteiger partial charge in [0.1, 0.15) is 11.6 Å². The minimum Gasteiger partial charge on any atom is -0.454 e. The largest absolute Gasteiger partial charge is 0.454 e. The molecule has 8 nitrogen and oxygen atoms in total. The zero-order valence-electron chi connectivity index (χ0n) is 18.8. The lowest BCUT2D eigenvalue weighted by molar-refractivity contribution is -0.115. The third-order valence-corrected chi connectivity index (χ3v) is 6.14. The molecule has 3 aromatic heterocycles. The van der Waals surface area contributed by atoms with Crippen LogP contribution in [-0.2, 0) is 22.6 Å². The molecule has 0 aliphatic heterocycles. The van der Waals surface area contributed by atoms with Crippen molar-refractivity contribution in [2.24, 2.45) is 0 Å². The van der Waals surface area contributed by atoms with E-state index in [0.717, 1.165) is 22.6 Å². The molecule has 174 valence electrons. The van der Waals surface area contributed by atoms with Crippen molar-refractivity contribution in [1.29, 1.82) is 0 Å². The topological polar surface area (TPSA) is 99.0 Å². The molecule has 10 heteroatoms. The number of esters is 1. The van der Waals surface area contributed by atoms with Crippen molar-refractivity contribution in [3.8, 4) is 5.82 Å². The fourth-order valence-corrected chi connectivity index (χ4v) is 4.26. The number of aromatic nitrogens is 4. The molecular formula is C24H22ClN5O3S. The van der Waals surface area contributed by atoms with Crippen LogP contribution in [0.2, 0.25) is 5.02 Å². The van der Waals surface area contributed by atoms with Gasteiger partial charge in [0.2, 0.25) is 5.91 Å². The van der Waals surface area contributed by atoms with Crippen LogP contribution < -0.4 is 5.32 Å². The molecule has 0 spiro atoms. The van der Waals surface area contributed by atoms with Crippen molar-refractivity contribution in [3.05, 3.63) is 86.2 Å².